The van der Waals surface area contributed by atoms with Crippen LogP contribution < -0.4 is 0 Å². The summed E-state index contributed by atoms with van der Waals surface area (Å²) in [4.78, 5) is 7.62. The van der Waals surface area contributed by atoms with Gasteiger partial charge in [-0.15, -0.1) is 0 Å². The third-order valence-electron chi connectivity index (χ3n) is 3.26. The van der Waals surface area contributed by atoms with Crippen LogP contribution in [0.3, 0.4) is 0 Å². The number of hydrogen-bond acceptors (Lipinski definition) is 3. The fourth-order valence-corrected chi connectivity index (χ4v) is 2.23. The van der Waals surface area contributed by atoms with Crippen LogP contribution in [0.1, 0.15) is 0 Å². The average Bonchev–Trinajstić information content (AvgIpc) is 3.16. The lowest BCUT2D eigenvalue weighted by Gasteiger charge is -1.94. The number of aromatic amines is 1. The minimum atomic E-state index is 0.537. The zero-order valence-electron chi connectivity index (χ0n) is 10.6. The van der Waals surface area contributed by atoms with Crippen LogP contribution in [0.25, 0.3) is 33.7 Å². The summed E-state index contributed by atoms with van der Waals surface area (Å²) in [5, 5.41) is 5.19. The van der Waals surface area contributed by atoms with Gasteiger partial charge in [0.25, 0.3) is 5.89 Å². The first-order valence-corrected chi connectivity index (χ1v) is 6.37. The Hall–Kier alpha value is -2.88. The second-order valence-corrected chi connectivity index (χ2v) is 4.57. The van der Waals surface area contributed by atoms with Crippen LogP contribution in [0.15, 0.2) is 65.3 Å². The molecule has 0 bridgehead atoms. The monoisotopic (exact) mass is 261 g/mol. The van der Waals surface area contributed by atoms with Crippen molar-refractivity contribution < 1.29 is 4.52 Å². The molecule has 20 heavy (non-hydrogen) atoms. The SMILES string of the molecule is c1ccc(-c2nc(-c3ccc4[nH]ccc4c3)no2)cc1. The molecule has 4 aromatic rings. The predicted octanol–water partition coefficient (Wildman–Crippen LogP) is 3.88. The summed E-state index contributed by atoms with van der Waals surface area (Å²) in [5.41, 5.74) is 2.97. The van der Waals surface area contributed by atoms with Crippen LogP contribution >= 0.6 is 0 Å². The quantitative estimate of drug-likeness (QED) is 0.595. The third-order valence-corrected chi connectivity index (χ3v) is 3.26. The van der Waals surface area contributed by atoms with Crippen molar-refractivity contribution >= 4 is 10.9 Å². The molecule has 4 nitrogen and oxygen atoms in total. The van der Waals surface area contributed by atoms with E-state index in [0.717, 1.165) is 22.0 Å². The molecule has 0 unspecified atom stereocenters. The van der Waals surface area contributed by atoms with Gasteiger partial charge in [-0.1, -0.05) is 23.4 Å². The van der Waals surface area contributed by atoms with Crippen LogP contribution in [0, 0.1) is 0 Å². The largest absolute Gasteiger partial charge is 0.361 e. The molecular weight excluding hydrogens is 250 g/mol. The molecule has 0 radical (unpaired) electrons. The van der Waals surface area contributed by atoms with E-state index in [0.29, 0.717) is 11.7 Å². The van der Waals surface area contributed by atoms with E-state index in [-0.39, 0.29) is 0 Å². The highest BCUT2D eigenvalue weighted by atomic mass is 16.5. The van der Waals surface area contributed by atoms with Gasteiger partial charge in [-0.3, -0.25) is 0 Å². The standard InChI is InChI=1S/C16H11N3O/c1-2-4-11(5-3-1)16-18-15(19-20-16)13-6-7-14-12(10-13)8-9-17-14/h1-10,17H. The highest BCUT2D eigenvalue weighted by molar-refractivity contribution is 5.83. The highest BCUT2D eigenvalue weighted by Crippen LogP contribution is 2.24. The van der Waals surface area contributed by atoms with E-state index in [1.807, 2.05) is 60.8 Å². The van der Waals surface area contributed by atoms with Crippen molar-refractivity contribution in [3.8, 4) is 22.8 Å². The number of nitrogens with zero attached hydrogens (tertiary/aromatic N) is 2. The van der Waals surface area contributed by atoms with Crippen molar-refractivity contribution in [2.24, 2.45) is 0 Å². The zero-order chi connectivity index (χ0) is 13.4. The number of nitrogens with one attached hydrogen (secondary N) is 1. The Bertz CT molecular complexity index is 861. The fourth-order valence-electron chi connectivity index (χ4n) is 2.23. The van der Waals surface area contributed by atoms with Crippen LogP contribution in [0.5, 0.6) is 0 Å². The third kappa shape index (κ3) is 1.78. The summed E-state index contributed by atoms with van der Waals surface area (Å²) < 4.78 is 5.33. The Labute approximate surface area is 115 Å². The van der Waals surface area contributed by atoms with Crippen molar-refractivity contribution in [2.75, 3.05) is 0 Å². The van der Waals surface area contributed by atoms with Crippen molar-refractivity contribution in [2.45, 2.75) is 0 Å². The van der Waals surface area contributed by atoms with Crippen molar-refractivity contribution in [3.05, 3.63) is 60.8 Å². The summed E-state index contributed by atoms with van der Waals surface area (Å²) in [7, 11) is 0. The van der Waals surface area contributed by atoms with Crippen LogP contribution in [0.4, 0.5) is 0 Å². The maximum Gasteiger partial charge on any atom is 0.258 e. The van der Waals surface area contributed by atoms with Crippen LogP contribution in [-0.4, -0.2) is 15.1 Å². The number of hydrogen-bond donors (Lipinski definition) is 1. The Morgan fingerprint density at radius 1 is 0.900 bits per heavy atom. The van der Waals surface area contributed by atoms with Gasteiger partial charge in [0.2, 0.25) is 5.82 Å². The molecule has 0 fully saturated rings. The van der Waals surface area contributed by atoms with Gasteiger partial charge in [0.15, 0.2) is 0 Å². The van der Waals surface area contributed by atoms with Gasteiger partial charge in [0, 0.05) is 28.2 Å². The van der Waals surface area contributed by atoms with Crippen molar-refractivity contribution in [3.63, 3.8) is 0 Å². The molecule has 0 aliphatic heterocycles. The summed E-state index contributed by atoms with van der Waals surface area (Å²) in [6.07, 6.45) is 1.92. The lowest BCUT2D eigenvalue weighted by Crippen LogP contribution is -1.81. The fraction of sp³-hybridized carbons (Fsp3) is 0. The molecule has 0 amide bonds. The number of aromatic nitrogens is 3. The Balaban J connectivity index is 1.77. The zero-order valence-corrected chi connectivity index (χ0v) is 10.6. The predicted molar refractivity (Wildman–Crippen MR) is 77.0 cm³/mol. The van der Waals surface area contributed by atoms with E-state index in [2.05, 4.69) is 15.1 Å². The molecule has 2 aromatic heterocycles. The molecule has 0 saturated carbocycles. The molecule has 2 heterocycles. The molecule has 4 rings (SSSR count). The minimum absolute atomic E-state index is 0.537. The van der Waals surface area contributed by atoms with Crippen molar-refractivity contribution in [1.82, 2.24) is 15.1 Å². The minimum Gasteiger partial charge on any atom is -0.361 e. The van der Waals surface area contributed by atoms with Gasteiger partial charge in [-0.05, 0) is 36.4 Å². The Kier molecular flexibility index (Phi) is 2.39. The molecular formula is C16H11N3O. The molecule has 4 heteroatoms. The summed E-state index contributed by atoms with van der Waals surface area (Å²) >= 11 is 0. The van der Waals surface area contributed by atoms with Crippen LogP contribution in [0.2, 0.25) is 0 Å². The second-order valence-electron chi connectivity index (χ2n) is 4.57. The first kappa shape index (κ1) is 11.0. The lowest BCUT2D eigenvalue weighted by atomic mass is 10.1. The van der Waals surface area contributed by atoms with E-state index in [4.69, 9.17) is 4.52 Å². The van der Waals surface area contributed by atoms with Gasteiger partial charge in [0.05, 0.1) is 0 Å². The number of H-pyrrole nitrogens is 1. The van der Waals surface area contributed by atoms with E-state index in [9.17, 15) is 0 Å². The summed E-state index contributed by atoms with van der Waals surface area (Å²) in [6.45, 7) is 0. The van der Waals surface area contributed by atoms with E-state index in [1.54, 1.807) is 0 Å². The number of fused-ring (bicyclic) bond motifs is 1. The number of benzene rings is 2. The molecule has 0 aliphatic carbocycles. The van der Waals surface area contributed by atoms with Crippen molar-refractivity contribution in [1.29, 1.82) is 0 Å². The molecule has 0 saturated heterocycles. The molecule has 2 aromatic carbocycles. The highest BCUT2D eigenvalue weighted by Gasteiger charge is 2.10. The normalized spacial score (nSPS) is 11.0. The smallest absolute Gasteiger partial charge is 0.258 e. The molecule has 0 spiro atoms. The molecule has 0 aliphatic rings. The molecule has 0 atom stereocenters. The topological polar surface area (TPSA) is 54.7 Å². The number of rotatable bonds is 2. The van der Waals surface area contributed by atoms with Gasteiger partial charge >= 0.3 is 0 Å². The molecule has 1 N–H and O–H groups in total. The first-order chi connectivity index (χ1) is 9.90. The van der Waals surface area contributed by atoms with Gasteiger partial charge in [0.1, 0.15) is 0 Å². The van der Waals surface area contributed by atoms with Gasteiger partial charge < -0.3 is 9.51 Å². The van der Waals surface area contributed by atoms with E-state index < -0.39 is 0 Å². The Morgan fingerprint density at radius 2 is 1.80 bits per heavy atom. The second kappa shape index (κ2) is 4.35. The van der Waals surface area contributed by atoms with E-state index >= 15 is 0 Å². The average molecular weight is 261 g/mol. The summed E-state index contributed by atoms with van der Waals surface area (Å²) in [6, 6.07) is 17.8. The van der Waals surface area contributed by atoms with Gasteiger partial charge in [-0.25, -0.2) is 0 Å². The van der Waals surface area contributed by atoms with Crippen LogP contribution in [-0.2, 0) is 0 Å². The Morgan fingerprint density at radius 3 is 2.70 bits per heavy atom. The molecule has 96 valence electrons. The van der Waals surface area contributed by atoms with Gasteiger partial charge in [-0.2, -0.15) is 4.98 Å². The first-order valence-electron chi connectivity index (χ1n) is 6.37. The maximum absolute atomic E-state index is 5.33. The summed E-state index contributed by atoms with van der Waals surface area (Å²) in [5.74, 6) is 1.14. The lowest BCUT2D eigenvalue weighted by molar-refractivity contribution is 0.432. The van der Waals surface area contributed by atoms with E-state index in [1.165, 1.54) is 0 Å². The maximum atomic E-state index is 5.33.